The normalized spacial score (nSPS) is 14.0. The zero-order chi connectivity index (χ0) is 20.5. The highest BCUT2D eigenvalue weighted by molar-refractivity contribution is 7.98. The van der Waals surface area contributed by atoms with Crippen molar-refractivity contribution in [3.63, 3.8) is 0 Å². The van der Waals surface area contributed by atoms with Crippen LogP contribution in [0.5, 0.6) is 0 Å². The number of benzene rings is 1. The van der Waals surface area contributed by atoms with Crippen LogP contribution in [0.15, 0.2) is 33.0 Å². The number of carbonyl (C=O) groups excluding carboxylic acids is 1. The van der Waals surface area contributed by atoms with E-state index in [1.165, 1.54) is 18.0 Å². The maximum absolute atomic E-state index is 12.8. The maximum Gasteiger partial charge on any atom is 0.254 e. The van der Waals surface area contributed by atoms with E-state index in [9.17, 15) is 18.0 Å². The van der Waals surface area contributed by atoms with Gasteiger partial charge in [-0.25, -0.2) is 13.4 Å². The first kappa shape index (κ1) is 20.6. The summed E-state index contributed by atoms with van der Waals surface area (Å²) in [5.74, 6) is -0.0826. The number of aromatic amines is 1. The third-order valence-electron chi connectivity index (χ3n) is 4.88. The third-order valence-corrected chi connectivity index (χ3v) is 6.57. The highest BCUT2D eigenvalue weighted by Gasteiger charge is 2.24. The van der Waals surface area contributed by atoms with Crippen LogP contribution >= 0.6 is 11.8 Å². The van der Waals surface area contributed by atoms with Gasteiger partial charge in [0, 0.05) is 36.2 Å². The third kappa shape index (κ3) is 4.30. The number of thioether (sulfide) groups is 1. The summed E-state index contributed by atoms with van der Waals surface area (Å²) in [6.45, 7) is 2.36. The topological polar surface area (TPSA) is 100 Å². The summed E-state index contributed by atoms with van der Waals surface area (Å²) in [6, 6.07) is 4.90. The number of amides is 1. The van der Waals surface area contributed by atoms with Crippen LogP contribution in [-0.4, -0.2) is 43.3 Å². The van der Waals surface area contributed by atoms with Crippen LogP contribution in [0.3, 0.4) is 0 Å². The summed E-state index contributed by atoms with van der Waals surface area (Å²) in [4.78, 5) is 34.1. The Balaban J connectivity index is 1.79. The summed E-state index contributed by atoms with van der Waals surface area (Å²) in [5.41, 5.74) is 2.57. The van der Waals surface area contributed by atoms with E-state index in [2.05, 4.69) is 9.97 Å². The van der Waals surface area contributed by atoms with Crippen molar-refractivity contribution in [1.29, 1.82) is 0 Å². The average Bonchev–Trinajstić information content (AvgIpc) is 2.65. The molecule has 2 aromatic rings. The van der Waals surface area contributed by atoms with Gasteiger partial charge < -0.3 is 9.88 Å². The zero-order valence-corrected chi connectivity index (χ0v) is 17.7. The van der Waals surface area contributed by atoms with Crippen molar-refractivity contribution in [2.45, 2.75) is 42.7 Å². The molecule has 0 fully saturated rings. The first-order valence-electron chi connectivity index (χ1n) is 8.98. The van der Waals surface area contributed by atoms with Crippen LogP contribution in [-0.2, 0) is 27.5 Å². The van der Waals surface area contributed by atoms with Gasteiger partial charge in [-0.05, 0) is 56.2 Å². The minimum absolute atomic E-state index is 0.0826. The van der Waals surface area contributed by atoms with E-state index in [1.54, 1.807) is 30.0 Å². The number of carbonyl (C=O) groups is 1. The van der Waals surface area contributed by atoms with Crippen molar-refractivity contribution < 1.29 is 13.2 Å². The predicted molar refractivity (Wildman–Crippen MR) is 110 cm³/mol. The molecule has 0 bridgehead atoms. The molecule has 150 valence electrons. The maximum atomic E-state index is 12.8. The molecule has 0 spiro atoms. The molecule has 28 heavy (non-hydrogen) atoms. The molecular formula is C19H23N3O4S2. The molecule has 0 atom stereocenters. The van der Waals surface area contributed by atoms with E-state index in [-0.39, 0.29) is 22.8 Å². The quantitative estimate of drug-likeness (QED) is 0.586. The van der Waals surface area contributed by atoms with Gasteiger partial charge in [0.05, 0.1) is 4.90 Å². The Morgan fingerprint density at radius 2 is 2.11 bits per heavy atom. The SMILES string of the molecule is CSc1nc(C)c(CCC(=O)N2CCCc3cc(S(C)(=O)=O)ccc32)c(=O)[nH]1. The Hall–Kier alpha value is -2.13. The highest BCUT2D eigenvalue weighted by Crippen LogP contribution is 2.30. The Kier molecular flexibility index (Phi) is 5.95. The standard InChI is InChI=1S/C19H23N3O4S2/c1-12-15(18(24)21-19(20-12)27-2)7-9-17(23)22-10-4-5-13-11-14(28(3,25)26)6-8-16(13)22/h6,8,11H,4-5,7,9-10H2,1-3H3,(H,20,21,24). The van der Waals surface area contributed by atoms with E-state index in [0.717, 1.165) is 24.1 Å². The molecule has 1 aromatic heterocycles. The number of hydrogen-bond donors (Lipinski definition) is 1. The fourth-order valence-electron chi connectivity index (χ4n) is 3.41. The van der Waals surface area contributed by atoms with Crippen LogP contribution in [0, 0.1) is 6.92 Å². The van der Waals surface area contributed by atoms with Gasteiger partial charge in [-0.3, -0.25) is 9.59 Å². The first-order chi connectivity index (χ1) is 13.2. The van der Waals surface area contributed by atoms with Crippen LogP contribution in [0.2, 0.25) is 0 Å². The van der Waals surface area contributed by atoms with Gasteiger partial charge in [0.15, 0.2) is 15.0 Å². The number of rotatable bonds is 5. The number of hydrogen-bond acceptors (Lipinski definition) is 6. The van der Waals surface area contributed by atoms with Crippen molar-refractivity contribution in [3.8, 4) is 0 Å². The molecule has 1 amide bonds. The van der Waals surface area contributed by atoms with Crippen molar-refractivity contribution in [2.75, 3.05) is 24.0 Å². The molecule has 3 rings (SSSR count). The van der Waals surface area contributed by atoms with E-state index in [4.69, 9.17) is 0 Å². The number of sulfone groups is 1. The number of anilines is 1. The molecule has 0 unspecified atom stereocenters. The Bertz CT molecular complexity index is 1080. The highest BCUT2D eigenvalue weighted by atomic mass is 32.2. The second-order valence-electron chi connectivity index (χ2n) is 6.85. The zero-order valence-electron chi connectivity index (χ0n) is 16.1. The fourth-order valence-corrected chi connectivity index (χ4v) is 4.50. The molecule has 7 nitrogen and oxygen atoms in total. The van der Waals surface area contributed by atoms with Gasteiger partial charge in [0.25, 0.3) is 5.56 Å². The summed E-state index contributed by atoms with van der Waals surface area (Å²) in [7, 11) is -3.29. The summed E-state index contributed by atoms with van der Waals surface area (Å²) >= 11 is 1.36. The molecular weight excluding hydrogens is 398 g/mol. The van der Waals surface area contributed by atoms with E-state index in [0.29, 0.717) is 29.4 Å². The van der Waals surface area contributed by atoms with Crippen LogP contribution in [0.4, 0.5) is 5.69 Å². The van der Waals surface area contributed by atoms with Gasteiger partial charge in [-0.1, -0.05) is 11.8 Å². The fraction of sp³-hybridized carbons (Fsp3) is 0.421. The molecule has 1 aromatic carbocycles. The van der Waals surface area contributed by atoms with Crippen molar-refractivity contribution in [3.05, 3.63) is 45.4 Å². The van der Waals surface area contributed by atoms with Crippen LogP contribution in [0.25, 0.3) is 0 Å². The number of fused-ring (bicyclic) bond motifs is 1. The Morgan fingerprint density at radius 1 is 1.36 bits per heavy atom. The second-order valence-corrected chi connectivity index (χ2v) is 9.66. The summed E-state index contributed by atoms with van der Waals surface area (Å²) in [5, 5.41) is 0.559. The van der Waals surface area contributed by atoms with Gasteiger partial charge >= 0.3 is 0 Å². The number of nitrogens with one attached hydrogen (secondary N) is 1. The van der Waals surface area contributed by atoms with Gasteiger partial charge in [-0.2, -0.15) is 0 Å². The second kappa shape index (κ2) is 8.08. The van der Waals surface area contributed by atoms with Crippen LogP contribution in [0.1, 0.15) is 29.7 Å². The van der Waals surface area contributed by atoms with E-state index in [1.807, 2.05) is 6.26 Å². The summed E-state index contributed by atoms with van der Waals surface area (Å²) < 4.78 is 23.6. The van der Waals surface area contributed by atoms with Gasteiger partial charge in [-0.15, -0.1) is 0 Å². The minimum atomic E-state index is -3.29. The molecule has 0 saturated carbocycles. The molecule has 0 saturated heterocycles. The van der Waals surface area contributed by atoms with Crippen LogP contribution < -0.4 is 10.5 Å². The minimum Gasteiger partial charge on any atom is -0.312 e. The molecule has 1 aliphatic heterocycles. The van der Waals surface area contributed by atoms with Crippen molar-refractivity contribution in [1.82, 2.24) is 9.97 Å². The molecule has 9 heteroatoms. The molecule has 0 radical (unpaired) electrons. The lowest BCUT2D eigenvalue weighted by Crippen LogP contribution is -2.36. The lowest BCUT2D eigenvalue weighted by Gasteiger charge is -2.30. The number of nitrogens with zero attached hydrogens (tertiary/aromatic N) is 2. The lowest BCUT2D eigenvalue weighted by molar-refractivity contribution is -0.118. The number of H-pyrrole nitrogens is 1. The lowest BCUT2D eigenvalue weighted by atomic mass is 10.0. The summed E-state index contributed by atoms with van der Waals surface area (Å²) in [6.07, 6.45) is 5.03. The van der Waals surface area contributed by atoms with Crippen molar-refractivity contribution >= 4 is 33.2 Å². The molecule has 1 aliphatic rings. The van der Waals surface area contributed by atoms with Gasteiger partial charge in [0.2, 0.25) is 5.91 Å². The average molecular weight is 422 g/mol. The van der Waals surface area contributed by atoms with E-state index < -0.39 is 9.84 Å². The first-order valence-corrected chi connectivity index (χ1v) is 12.1. The Morgan fingerprint density at radius 3 is 2.75 bits per heavy atom. The van der Waals surface area contributed by atoms with E-state index >= 15 is 0 Å². The molecule has 2 heterocycles. The number of aromatic nitrogens is 2. The predicted octanol–water partition coefficient (Wildman–Crippen LogP) is 2.12. The smallest absolute Gasteiger partial charge is 0.254 e. The largest absolute Gasteiger partial charge is 0.312 e. The molecule has 1 N–H and O–H groups in total. The Labute approximate surface area is 168 Å². The van der Waals surface area contributed by atoms with Gasteiger partial charge in [0.1, 0.15) is 0 Å². The van der Waals surface area contributed by atoms with Crippen molar-refractivity contribution in [2.24, 2.45) is 0 Å². The monoisotopic (exact) mass is 421 g/mol. The number of aryl methyl sites for hydroxylation is 2. The molecule has 0 aliphatic carbocycles.